The molecule has 1 fully saturated rings. The number of fused-ring (bicyclic) bond motifs is 1. The lowest BCUT2D eigenvalue weighted by atomic mass is 9.96. The van der Waals surface area contributed by atoms with Crippen LogP contribution in [-0.2, 0) is 22.5 Å². The number of aromatic nitrogens is 2. The second-order valence-electron chi connectivity index (χ2n) is 8.25. The van der Waals surface area contributed by atoms with Crippen LogP contribution in [0.2, 0.25) is 0 Å². The van der Waals surface area contributed by atoms with E-state index >= 15 is 0 Å². The molecular weight excluding hydrogens is 423 g/mol. The molecule has 0 amide bonds. The zero-order chi connectivity index (χ0) is 22.8. The highest BCUT2D eigenvalue weighted by Crippen LogP contribution is 2.32. The summed E-state index contributed by atoms with van der Waals surface area (Å²) in [5, 5.41) is 3.33. The van der Waals surface area contributed by atoms with Gasteiger partial charge in [-0.05, 0) is 42.7 Å². The highest BCUT2D eigenvalue weighted by atomic mass is 19.1. The number of nitrogens with one attached hydrogen (secondary N) is 1. The molecule has 1 saturated heterocycles. The minimum Gasteiger partial charge on any atom is -0.378 e. The fourth-order valence-corrected chi connectivity index (χ4v) is 4.53. The summed E-state index contributed by atoms with van der Waals surface area (Å²) in [6, 6.07) is 14.5. The number of ether oxygens (including phenoxy) is 1. The first-order chi connectivity index (χ1) is 16.2. The third kappa shape index (κ3) is 4.14. The molecular formula is C25H25FN4O3. The Labute approximate surface area is 190 Å². The van der Waals surface area contributed by atoms with Crippen LogP contribution in [0.15, 0.2) is 53.3 Å². The zero-order valence-electron chi connectivity index (χ0n) is 18.2. The van der Waals surface area contributed by atoms with Crippen LogP contribution >= 0.6 is 0 Å². The first-order valence-electron chi connectivity index (χ1n) is 11.2. The number of hydrogen-bond acceptors (Lipinski definition) is 6. The number of hydrogen-bond donors (Lipinski definition) is 1. The monoisotopic (exact) mass is 448 g/mol. The Bertz CT molecular complexity index is 1220. The molecule has 2 aromatic carbocycles. The van der Waals surface area contributed by atoms with E-state index in [9.17, 15) is 14.0 Å². The lowest BCUT2D eigenvalue weighted by Gasteiger charge is -2.30. The molecule has 3 heterocycles. The maximum Gasteiger partial charge on any atom is 0.277 e. The van der Waals surface area contributed by atoms with Gasteiger partial charge < -0.3 is 19.7 Å². The van der Waals surface area contributed by atoms with Crippen molar-refractivity contribution in [2.75, 3.05) is 36.5 Å². The van der Waals surface area contributed by atoms with Gasteiger partial charge in [-0.25, -0.2) is 9.37 Å². The van der Waals surface area contributed by atoms with Gasteiger partial charge in [-0.3, -0.25) is 9.36 Å². The van der Waals surface area contributed by atoms with E-state index in [0.717, 1.165) is 44.0 Å². The van der Waals surface area contributed by atoms with E-state index in [1.165, 1.54) is 10.6 Å². The summed E-state index contributed by atoms with van der Waals surface area (Å²) >= 11 is 0. The van der Waals surface area contributed by atoms with E-state index in [1.807, 2.05) is 0 Å². The quantitative estimate of drug-likeness (QED) is 0.605. The number of rotatable bonds is 5. The average molecular weight is 448 g/mol. The number of halogens is 1. The van der Waals surface area contributed by atoms with Crippen molar-refractivity contribution in [3.05, 3.63) is 76.0 Å². The molecule has 2 aliphatic heterocycles. The Balaban J connectivity index is 1.45. The van der Waals surface area contributed by atoms with Gasteiger partial charge in [-0.15, -0.1) is 0 Å². The summed E-state index contributed by atoms with van der Waals surface area (Å²) in [7, 11) is 0. The van der Waals surface area contributed by atoms with Crippen LogP contribution in [0.3, 0.4) is 0 Å². The van der Waals surface area contributed by atoms with Crippen molar-refractivity contribution in [3.63, 3.8) is 0 Å². The van der Waals surface area contributed by atoms with Gasteiger partial charge in [0.05, 0.1) is 37.1 Å². The predicted molar refractivity (Wildman–Crippen MR) is 124 cm³/mol. The van der Waals surface area contributed by atoms with Gasteiger partial charge in [0.25, 0.3) is 5.56 Å². The molecule has 2 aliphatic rings. The Kier molecular flexibility index (Phi) is 5.92. The minimum atomic E-state index is -0.481. The Hall–Kier alpha value is -3.52. The molecule has 0 bridgehead atoms. The fraction of sp³-hybridized carbons (Fsp3) is 0.320. The number of aldehydes is 1. The number of aryl methyl sites for hydroxylation is 1. The van der Waals surface area contributed by atoms with Crippen LogP contribution in [0, 0.1) is 5.82 Å². The summed E-state index contributed by atoms with van der Waals surface area (Å²) in [5.41, 5.74) is 3.06. The first kappa shape index (κ1) is 21.3. The first-order valence-corrected chi connectivity index (χ1v) is 11.2. The minimum absolute atomic E-state index is 0.0465. The van der Waals surface area contributed by atoms with E-state index in [0.29, 0.717) is 24.1 Å². The third-order valence-electron chi connectivity index (χ3n) is 6.28. The third-order valence-corrected chi connectivity index (χ3v) is 6.28. The molecule has 3 aromatic rings. The molecule has 1 atom stereocenters. The van der Waals surface area contributed by atoms with Gasteiger partial charge in [0.1, 0.15) is 23.6 Å². The molecule has 1 N–H and O–H groups in total. The van der Waals surface area contributed by atoms with Crippen molar-refractivity contribution >= 4 is 17.7 Å². The van der Waals surface area contributed by atoms with Gasteiger partial charge in [0.2, 0.25) is 0 Å². The van der Waals surface area contributed by atoms with E-state index < -0.39 is 5.82 Å². The number of anilines is 2. The van der Waals surface area contributed by atoms with Crippen molar-refractivity contribution < 1.29 is 13.9 Å². The van der Waals surface area contributed by atoms with E-state index in [1.54, 1.807) is 18.2 Å². The zero-order valence-corrected chi connectivity index (χ0v) is 18.2. The number of benzene rings is 2. The number of carbonyl (C=O) groups excluding carboxylic acids is 1. The van der Waals surface area contributed by atoms with Crippen LogP contribution in [-0.4, -0.2) is 42.1 Å². The molecule has 0 saturated carbocycles. The van der Waals surface area contributed by atoms with Gasteiger partial charge in [-0.1, -0.05) is 24.3 Å². The molecule has 1 unspecified atom stereocenters. The molecule has 8 heteroatoms. The largest absolute Gasteiger partial charge is 0.378 e. The number of carbonyl (C=O) groups is 1. The molecule has 1 aromatic heterocycles. The maximum atomic E-state index is 14.4. The molecule has 0 aliphatic carbocycles. The van der Waals surface area contributed by atoms with E-state index in [-0.39, 0.29) is 29.5 Å². The van der Waals surface area contributed by atoms with Crippen molar-refractivity contribution in [1.82, 2.24) is 9.55 Å². The molecule has 7 nitrogen and oxygen atoms in total. The summed E-state index contributed by atoms with van der Waals surface area (Å²) < 4.78 is 21.1. The van der Waals surface area contributed by atoms with Gasteiger partial charge >= 0.3 is 0 Å². The predicted octanol–water partition coefficient (Wildman–Crippen LogP) is 3.18. The number of nitrogens with zero attached hydrogens (tertiary/aromatic N) is 3. The highest BCUT2D eigenvalue weighted by molar-refractivity contribution is 5.63. The molecule has 33 heavy (non-hydrogen) atoms. The summed E-state index contributed by atoms with van der Waals surface area (Å²) in [6.07, 6.45) is 1.96. The summed E-state index contributed by atoms with van der Waals surface area (Å²) in [5.74, 6) is -0.301. The molecule has 170 valence electrons. The summed E-state index contributed by atoms with van der Waals surface area (Å²) in [4.78, 5) is 31.5. The van der Waals surface area contributed by atoms with E-state index in [2.05, 4.69) is 39.5 Å². The lowest BCUT2D eigenvalue weighted by Crippen LogP contribution is -2.36. The second kappa shape index (κ2) is 9.15. The SMILES string of the molecule is O=CCn1c(-c2ccccc2F)nc2c(c1=O)NC(c1ccc(N3CCOCC3)cc1)CC2. The Morgan fingerprint density at radius 1 is 1.12 bits per heavy atom. The Morgan fingerprint density at radius 2 is 1.88 bits per heavy atom. The molecule has 0 radical (unpaired) electrons. The van der Waals surface area contributed by atoms with Gasteiger partial charge in [-0.2, -0.15) is 0 Å². The van der Waals surface area contributed by atoms with Gasteiger partial charge in [0, 0.05) is 18.8 Å². The Morgan fingerprint density at radius 3 is 2.61 bits per heavy atom. The van der Waals surface area contributed by atoms with E-state index in [4.69, 9.17) is 4.74 Å². The van der Waals surface area contributed by atoms with Crippen molar-refractivity contribution in [2.45, 2.75) is 25.4 Å². The topological polar surface area (TPSA) is 76.5 Å². The summed E-state index contributed by atoms with van der Waals surface area (Å²) in [6.45, 7) is 3.03. The second-order valence-corrected chi connectivity index (χ2v) is 8.25. The van der Waals surface area contributed by atoms with Crippen LogP contribution in [0.5, 0.6) is 0 Å². The number of morpholine rings is 1. The molecule has 5 rings (SSSR count). The van der Waals surface area contributed by atoms with Gasteiger partial charge in [0.15, 0.2) is 0 Å². The highest BCUT2D eigenvalue weighted by Gasteiger charge is 2.26. The fourth-order valence-electron chi connectivity index (χ4n) is 4.53. The smallest absolute Gasteiger partial charge is 0.277 e. The maximum absolute atomic E-state index is 14.4. The van der Waals surface area contributed by atoms with Crippen LogP contribution in [0.1, 0.15) is 23.7 Å². The average Bonchev–Trinajstić information content (AvgIpc) is 2.86. The van der Waals surface area contributed by atoms with Crippen molar-refractivity contribution in [1.29, 1.82) is 0 Å². The van der Waals surface area contributed by atoms with Crippen molar-refractivity contribution in [3.8, 4) is 11.4 Å². The standard InChI is InChI=1S/C25H25FN4O3/c26-20-4-2-1-3-19(20)24-28-22-10-9-21(27-23(22)25(32)30(24)11-14-31)17-5-7-18(8-6-17)29-12-15-33-16-13-29/h1-8,14,21,27H,9-13,15-16H2. The lowest BCUT2D eigenvalue weighted by molar-refractivity contribution is -0.108. The normalized spacial score (nSPS) is 17.8. The van der Waals surface area contributed by atoms with Crippen LogP contribution < -0.4 is 15.8 Å². The van der Waals surface area contributed by atoms with Crippen LogP contribution in [0.25, 0.3) is 11.4 Å². The molecule has 0 spiro atoms. The van der Waals surface area contributed by atoms with Crippen LogP contribution in [0.4, 0.5) is 15.8 Å². The van der Waals surface area contributed by atoms with Crippen molar-refractivity contribution in [2.24, 2.45) is 0 Å².